The highest BCUT2D eigenvalue weighted by Crippen LogP contribution is 2.14. The number of benzene rings is 1. The first kappa shape index (κ1) is 14.1. The highest BCUT2D eigenvalue weighted by molar-refractivity contribution is 7.79. The fraction of sp³-hybridized carbons (Fsp3) is 0.333. The SMILES string of the molecule is C[N+](C)(C)c1ccccc1.O=S(=O)(O)O. The summed E-state index contributed by atoms with van der Waals surface area (Å²) in [6, 6.07) is 10.5. The van der Waals surface area contributed by atoms with Gasteiger partial charge in [0.15, 0.2) is 0 Å². The molecule has 15 heavy (non-hydrogen) atoms. The van der Waals surface area contributed by atoms with E-state index in [9.17, 15) is 0 Å². The molecule has 1 rings (SSSR count). The van der Waals surface area contributed by atoms with Crippen LogP contribution in [0.3, 0.4) is 0 Å². The summed E-state index contributed by atoms with van der Waals surface area (Å²) in [6.45, 7) is 0. The van der Waals surface area contributed by atoms with Crippen LogP contribution in [0.15, 0.2) is 30.3 Å². The average Bonchev–Trinajstić information content (AvgIpc) is 2.01. The average molecular weight is 234 g/mol. The Hall–Kier alpha value is -0.950. The third-order valence-corrected chi connectivity index (χ3v) is 1.53. The molecule has 1 aromatic rings. The Morgan fingerprint density at radius 3 is 1.53 bits per heavy atom. The van der Waals surface area contributed by atoms with Crippen molar-refractivity contribution in [2.45, 2.75) is 0 Å². The van der Waals surface area contributed by atoms with Crippen LogP contribution in [0.5, 0.6) is 0 Å². The maximum absolute atomic E-state index is 8.74. The van der Waals surface area contributed by atoms with Crippen LogP contribution in [0, 0.1) is 0 Å². The summed E-state index contributed by atoms with van der Waals surface area (Å²) in [5.74, 6) is 0. The lowest BCUT2D eigenvalue weighted by Gasteiger charge is -2.22. The molecular formula is C9H16NO4S+. The third kappa shape index (κ3) is 9.36. The van der Waals surface area contributed by atoms with Gasteiger partial charge in [-0.3, -0.25) is 13.6 Å². The van der Waals surface area contributed by atoms with Gasteiger partial charge in [-0.05, 0) is 12.1 Å². The molecule has 0 unspecified atom stereocenters. The first-order valence-corrected chi connectivity index (χ1v) is 5.57. The van der Waals surface area contributed by atoms with Crippen LogP contribution in [-0.4, -0.2) is 38.7 Å². The largest absolute Gasteiger partial charge is 0.394 e. The molecule has 6 heteroatoms. The molecule has 5 nitrogen and oxygen atoms in total. The van der Waals surface area contributed by atoms with Crippen LogP contribution in [0.4, 0.5) is 5.69 Å². The van der Waals surface area contributed by atoms with E-state index in [0.717, 1.165) is 4.48 Å². The van der Waals surface area contributed by atoms with Gasteiger partial charge in [-0.2, -0.15) is 8.42 Å². The van der Waals surface area contributed by atoms with E-state index in [1.807, 2.05) is 6.07 Å². The zero-order chi connectivity index (χ0) is 12.1. The van der Waals surface area contributed by atoms with E-state index in [-0.39, 0.29) is 0 Å². The zero-order valence-corrected chi connectivity index (χ0v) is 9.77. The summed E-state index contributed by atoms with van der Waals surface area (Å²) in [5, 5.41) is 0. The first-order chi connectivity index (χ1) is 6.61. The molecule has 0 aliphatic rings. The van der Waals surface area contributed by atoms with Crippen molar-refractivity contribution in [2.24, 2.45) is 0 Å². The van der Waals surface area contributed by atoms with Gasteiger partial charge in [-0.1, -0.05) is 18.2 Å². The summed E-state index contributed by atoms with van der Waals surface area (Å²) in [7, 11) is 1.82. The number of rotatable bonds is 1. The minimum Gasteiger partial charge on any atom is -0.298 e. The molecule has 0 atom stereocenters. The second kappa shape index (κ2) is 5.22. The molecule has 0 aliphatic heterocycles. The molecule has 0 spiro atoms. The number of para-hydroxylation sites is 1. The van der Waals surface area contributed by atoms with Crippen molar-refractivity contribution in [1.82, 2.24) is 4.48 Å². The van der Waals surface area contributed by atoms with Crippen molar-refractivity contribution in [2.75, 3.05) is 21.1 Å². The second-order valence-electron chi connectivity index (χ2n) is 3.80. The van der Waals surface area contributed by atoms with Gasteiger partial charge in [0.2, 0.25) is 0 Å². The molecular weight excluding hydrogens is 218 g/mol. The number of nitrogens with zero attached hydrogens (tertiary/aromatic N) is 1. The van der Waals surface area contributed by atoms with E-state index < -0.39 is 10.4 Å². The zero-order valence-electron chi connectivity index (χ0n) is 8.95. The minimum atomic E-state index is -4.67. The van der Waals surface area contributed by atoms with Crippen LogP contribution in [0.1, 0.15) is 0 Å². The van der Waals surface area contributed by atoms with Crippen LogP contribution in [0.25, 0.3) is 0 Å². The van der Waals surface area contributed by atoms with E-state index in [4.69, 9.17) is 17.5 Å². The van der Waals surface area contributed by atoms with Crippen molar-refractivity contribution in [3.05, 3.63) is 30.3 Å². The van der Waals surface area contributed by atoms with Gasteiger partial charge in [-0.25, -0.2) is 0 Å². The fourth-order valence-electron chi connectivity index (χ4n) is 0.875. The summed E-state index contributed by atoms with van der Waals surface area (Å²) in [5.41, 5.74) is 1.34. The monoisotopic (exact) mass is 234 g/mol. The minimum absolute atomic E-state index is 0.890. The Bertz CT molecular complexity index is 372. The maximum atomic E-state index is 8.74. The van der Waals surface area contributed by atoms with Crippen LogP contribution in [0.2, 0.25) is 0 Å². The van der Waals surface area contributed by atoms with Crippen LogP contribution >= 0.6 is 0 Å². The molecule has 1 aromatic carbocycles. The molecule has 0 radical (unpaired) electrons. The fourth-order valence-corrected chi connectivity index (χ4v) is 0.875. The molecule has 0 saturated carbocycles. The van der Waals surface area contributed by atoms with E-state index in [0.29, 0.717) is 0 Å². The van der Waals surface area contributed by atoms with Crippen molar-refractivity contribution in [3.8, 4) is 0 Å². The highest BCUT2D eigenvalue weighted by atomic mass is 32.3. The first-order valence-electron chi connectivity index (χ1n) is 4.17. The van der Waals surface area contributed by atoms with Gasteiger partial charge in [-0.15, -0.1) is 0 Å². The molecule has 0 fully saturated rings. The summed E-state index contributed by atoms with van der Waals surface area (Å²) in [4.78, 5) is 0. The van der Waals surface area contributed by atoms with Gasteiger partial charge in [0.1, 0.15) is 5.69 Å². The smallest absolute Gasteiger partial charge is 0.298 e. The Morgan fingerprint density at radius 1 is 1.00 bits per heavy atom. The van der Waals surface area contributed by atoms with E-state index in [1.54, 1.807) is 0 Å². The predicted octanol–water partition coefficient (Wildman–Crippen LogP) is 1.23. The van der Waals surface area contributed by atoms with E-state index >= 15 is 0 Å². The van der Waals surface area contributed by atoms with Crippen LogP contribution in [-0.2, 0) is 10.4 Å². The molecule has 0 aliphatic carbocycles. The quantitative estimate of drug-likeness (QED) is 0.566. The summed E-state index contributed by atoms with van der Waals surface area (Å²) >= 11 is 0. The molecule has 0 saturated heterocycles. The van der Waals surface area contributed by atoms with Gasteiger partial charge in [0.05, 0.1) is 21.1 Å². The van der Waals surface area contributed by atoms with Crippen LogP contribution < -0.4 is 4.48 Å². The van der Waals surface area contributed by atoms with Crippen molar-refractivity contribution in [3.63, 3.8) is 0 Å². The van der Waals surface area contributed by atoms with Gasteiger partial charge >= 0.3 is 10.4 Å². The standard InChI is InChI=1S/C9H14N.H2O4S/c1-10(2,3)9-7-5-4-6-8-9;1-5(2,3)4/h4-8H,1-3H3;(H2,1,2,3,4)/q+1;. The molecule has 0 aromatic heterocycles. The molecule has 0 amide bonds. The van der Waals surface area contributed by atoms with E-state index in [2.05, 4.69) is 45.4 Å². The van der Waals surface area contributed by atoms with Crippen molar-refractivity contribution >= 4 is 16.1 Å². The predicted molar refractivity (Wildman–Crippen MR) is 60.2 cm³/mol. The second-order valence-corrected chi connectivity index (χ2v) is 4.69. The lowest BCUT2D eigenvalue weighted by Crippen LogP contribution is -2.34. The topological polar surface area (TPSA) is 74.6 Å². The summed E-state index contributed by atoms with van der Waals surface area (Å²) in [6.07, 6.45) is 0. The Morgan fingerprint density at radius 2 is 1.33 bits per heavy atom. The Kier molecular flexibility index (Phi) is 4.89. The Balaban J connectivity index is 0.000000336. The maximum Gasteiger partial charge on any atom is 0.394 e. The lowest BCUT2D eigenvalue weighted by molar-refractivity contribution is 0.381. The molecule has 2 N–H and O–H groups in total. The van der Waals surface area contributed by atoms with E-state index in [1.165, 1.54) is 5.69 Å². The highest BCUT2D eigenvalue weighted by Gasteiger charge is 2.08. The van der Waals surface area contributed by atoms with Crippen molar-refractivity contribution < 1.29 is 17.5 Å². The number of quaternary nitrogens is 1. The molecule has 0 heterocycles. The summed E-state index contributed by atoms with van der Waals surface area (Å²) < 4.78 is 32.5. The number of hydrogen-bond donors (Lipinski definition) is 2. The lowest BCUT2D eigenvalue weighted by atomic mass is 10.3. The normalized spacial score (nSPS) is 11.5. The van der Waals surface area contributed by atoms with Gasteiger partial charge < -0.3 is 0 Å². The number of hydrogen-bond acceptors (Lipinski definition) is 2. The Labute approximate surface area is 90.1 Å². The van der Waals surface area contributed by atoms with Gasteiger partial charge in [0, 0.05) is 0 Å². The van der Waals surface area contributed by atoms with Gasteiger partial charge in [0.25, 0.3) is 0 Å². The molecule has 0 bridgehead atoms. The van der Waals surface area contributed by atoms with Crippen molar-refractivity contribution in [1.29, 1.82) is 0 Å². The molecule has 86 valence electrons. The third-order valence-electron chi connectivity index (χ3n) is 1.53.